The van der Waals surface area contributed by atoms with E-state index in [9.17, 15) is 4.39 Å². The molecule has 3 rings (SSSR count). The van der Waals surface area contributed by atoms with Crippen molar-refractivity contribution >= 4 is 10.9 Å². The first-order valence-electron chi connectivity index (χ1n) is 12.0. The molecule has 0 saturated heterocycles. The standard InChI is InChI=1S/C28H39FN4/c1-7-8-11-21(2)32(6)20-27(28(3,4)5)30-18-25-24-12-9-10-13-26(24)33(31-25)19-22-14-16-23(29)17-15-22/h9-17,27,30H,7-8,18-20H2,1-6H3/b21-11+. The van der Waals surface area contributed by atoms with Crippen LogP contribution in [0.5, 0.6) is 0 Å². The van der Waals surface area contributed by atoms with Crippen LogP contribution in [0.15, 0.2) is 60.3 Å². The molecule has 0 aliphatic rings. The minimum atomic E-state index is -0.216. The number of benzene rings is 2. The molecular weight excluding hydrogens is 411 g/mol. The number of hydrogen-bond donors (Lipinski definition) is 1. The van der Waals surface area contributed by atoms with Crippen molar-refractivity contribution in [2.75, 3.05) is 13.6 Å². The Morgan fingerprint density at radius 3 is 2.52 bits per heavy atom. The monoisotopic (exact) mass is 450 g/mol. The van der Waals surface area contributed by atoms with Crippen LogP contribution in [-0.4, -0.2) is 34.3 Å². The van der Waals surface area contributed by atoms with Gasteiger partial charge in [-0.1, -0.05) is 70.5 Å². The quantitative estimate of drug-likeness (QED) is 0.390. The van der Waals surface area contributed by atoms with Crippen molar-refractivity contribution in [3.8, 4) is 0 Å². The number of nitrogens with one attached hydrogen (secondary N) is 1. The summed E-state index contributed by atoms with van der Waals surface area (Å²) >= 11 is 0. The Balaban J connectivity index is 1.79. The van der Waals surface area contributed by atoms with Crippen LogP contribution in [0.3, 0.4) is 0 Å². The molecule has 0 aliphatic heterocycles. The molecule has 33 heavy (non-hydrogen) atoms. The number of nitrogens with zero attached hydrogens (tertiary/aromatic N) is 3. The molecule has 1 aromatic heterocycles. The summed E-state index contributed by atoms with van der Waals surface area (Å²) in [6.07, 6.45) is 4.60. The van der Waals surface area contributed by atoms with Gasteiger partial charge in [-0.3, -0.25) is 4.68 Å². The molecule has 178 valence electrons. The van der Waals surface area contributed by atoms with Crippen molar-refractivity contribution in [2.24, 2.45) is 5.41 Å². The number of halogens is 1. The van der Waals surface area contributed by atoms with E-state index in [1.807, 2.05) is 22.9 Å². The minimum Gasteiger partial charge on any atom is -0.377 e. The van der Waals surface area contributed by atoms with Gasteiger partial charge in [-0.15, -0.1) is 0 Å². The Bertz CT molecular complexity index is 1060. The highest BCUT2D eigenvalue weighted by atomic mass is 19.1. The number of hydrogen-bond acceptors (Lipinski definition) is 3. The number of allylic oxidation sites excluding steroid dienone is 2. The third kappa shape index (κ3) is 6.67. The summed E-state index contributed by atoms with van der Waals surface area (Å²) in [5.41, 5.74) is 4.60. The SMILES string of the molecule is CCC/C=C(\C)N(C)CC(NCc1nn(Cc2ccc(F)cc2)c2ccccc12)C(C)(C)C. The van der Waals surface area contributed by atoms with Gasteiger partial charge in [0.05, 0.1) is 17.8 Å². The largest absolute Gasteiger partial charge is 0.377 e. The second-order valence-corrected chi connectivity index (χ2v) is 10.1. The van der Waals surface area contributed by atoms with Crippen molar-refractivity contribution in [1.82, 2.24) is 20.0 Å². The summed E-state index contributed by atoms with van der Waals surface area (Å²) in [4.78, 5) is 2.35. The van der Waals surface area contributed by atoms with E-state index in [0.29, 0.717) is 19.1 Å². The maximum absolute atomic E-state index is 13.3. The average Bonchev–Trinajstić information content (AvgIpc) is 3.13. The molecule has 0 radical (unpaired) electrons. The molecule has 0 fully saturated rings. The Kier molecular flexibility index (Phi) is 8.30. The molecule has 0 bridgehead atoms. The minimum absolute atomic E-state index is 0.103. The molecular formula is C28H39FN4. The highest BCUT2D eigenvalue weighted by molar-refractivity contribution is 5.82. The van der Waals surface area contributed by atoms with Crippen LogP contribution in [0, 0.1) is 11.2 Å². The van der Waals surface area contributed by atoms with E-state index in [2.05, 4.69) is 76.2 Å². The van der Waals surface area contributed by atoms with Crippen molar-refractivity contribution in [3.63, 3.8) is 0 Å². The second kappa shape index (κ2) is 11.0. The van der Waals surface area contributed by atoms with Gasteiger partial charge in [0.15, 0.2) is 0 Å². The zero-order valence-corrected chi connectivity index (χ0v) is 21.0. The average molecular weight is 451 g/mol. The molecule has 0 amide bonds. The lowest BCUT2D eigenvalue weighted by Gasteiger charge is -2.36. The van der Waals surface area contributed by atoms with E-state index in [1.54, 1.807) is 0 Å². The van der Waals surface area contributed by atoms with Gasteiger partial charge in [0.25, 0.3) is 0 Å². The first-order chi connectivity index (χ1) is 15.7. The molecule has 1 unspecified atom stereocenters. The Morgan fingerprint density at radius 2 is 1.85 bits per heavy atom. The molecule has 5 heteroatoms. The van der Waals surface area contributed by atoms with Crippen LogP contribution in [0.1, 0.15) is 58.7 Å². The van der Waals surface area contributed by atoms with Crippen LogP contribution >= 0.6 is 0 Å². The zero-order valence-electron chi connectivity index (χ0n) is 21.0. The van der Waals surface area contributed by atoms with Gasteiger partial charge in [0.2, 0.25) is 0 Å². The lowest BCUT2D eigenvalue weighted by atomic mass is 9.86. The summed E-state index contributed by atoms with van der Waals surface area (Å²) in [5, 5.41) is 9.91. The smallest absolute Gasteiger partial charge is 0.123 e. The van der Waals surface area contributed by atoms with Crippen molar-refractivity contribution in [1.29, 1.82) is 0 Å². The first-order valence-corrected chi connectivity index (χ1v) is 12.0. The zero-order chi connectivity index (χ0) is 24.0. The first kappa shape index (κ1) is 25.0. The van der Waals surface area contributed by atoms with E-state index in [0.717, 1.165) is 35.1 Å². The molecule has 0 saturated carbocycles. The van der Waals surface area contributed by atoms with Gasteiger partial charge in [0, 0.05) is 37.3 Å². The van der Waals surface area contributed by atoms with Crippen molar-refractivity contribution in [2.45, 2.75) is 66.6 Å². The molecule has 4 nitrogen and oxygen atoms in total. The van der Waals surface area contributed by atoms with E-state index < -0.39 is 0 Å². The molecule has 1 heterocycles. The number of rotatable bonds is 10. The fraction of sp³-hybridized carbons (Fsp3) is 0.464. The highest BCUT2D eigenvalue weighted by Crippen LogP contribution is 2.24. The summed E-state index contributed by atoms with van der Waals surface area (Å²) in [5.74, 6) is -0.216. The molecule has 0 spiro atoms. The molecule has 1 atom stereocenters. The maximum Gasteiger partial charge on any atom is 0.123 e. The lowest BCUT2D eigenvalue weighted by Crippen LogP contribution is -2.47. The van der Waals surface area contributed by atoms with Gasteiger partial charge in [-0.05, 0) is 42.5 Å². The summed E-state index contributed by atoms with van der Waals surface area (Å²) in [6.45, 7) is 13.5. The number of para-hydroxylation sites is 1. The number of aromatic nitrogens is 2. The molecule has 2 aromatic carbocycles. The van der Waals surface area contributed by atoms with E-state index in [4.69, 9.17) is 5.10 Å². The van der Waals surface area contributed by atoms with Gasteiger partial charge >= 0.3 is 0 Å². The number of likely N-dealkylation sites (N-methyl/N-ethyl adjacent to an activating group) is 1. The van der Waals surface area contributed by atoms with Crippen LogP contribution in [-0.2, 0) is 13.1 Å². The van der Waals surface area contributed by atoms with Crippen LogP contribution in [0.4, 0.5) is 4.39 Å². The van der Waals surface area contributed by atoms with Gasteiger partial charge < -0.3 is 10.2 Å². The highest BCUT2D eigenvalue weighted by Gasteiger charge is 2.26. The normalized spacial score (nSPS) is 13.5. The van der Waals surface area contributed by atoms with Gasteiger partial charge in [-0.2, -0.15) is 5.10 Å². The topological polar surface area (TPSA) is 33.1 Å². The summed E-state index contributed by atoms with van der Waals surface area (Å²) in [7, 11) is 2.18. The van der Waals surface area contributed by atoms with Crippen LogP contribution in [0.25, 0.3) is 10.9 Å². The van der Waals surface area contributed by atoms with E-state index in [1.165, 1.54) is 24.3 Å². The molecule has 1 N–H and O–H groups in total. The number of fused-ring (bicyclic) bond motifs is 1. The Hall–Kier alpha value is -2.66. The lowest BCUT2D eigenvalue weighted by molar-refractivity contribution is 0.213. The predicted octanol–water partition coefficient (Wildman–Crippen LogP) is 6.36. The third-order valence-electron chi connectivity index (χ3n) is 6.33. The van der Waals surface area contributed by atoms with Crippen LogP contribution < -0.4 is 5.32 Å². The second-order valence-electron chi connectivity index (χ2n) is 10.1. The maximum atomic E-state index is 13.3. The van der Waals surface area contributed by atoms with Crippen molar-refractivity contribution in [3.05, 3.63) is 77.4 Å². The summed E-state index contributed by atoms with van der Waals surface area (Å²) < 4.78 is 15.3. The van der Waals surface area contributed by atoms with Crippen LogP contribution in [0.2, 0.25) is 0 Å². The van der Waals surface area contributed by atoms with Crippen molar-refractivity contribution < 1.29 is 4.39 Å². The molecule has 0 aliphatic carbocycles. The Labute approximate surface area is 198 Å². The van der Waals surface area contributed by atoms with Gasteiger partial charge in [0.1, 0.15) is 5.82 Å². The number of unbranched alkanes of at least 4 members (excludes halogenated alkanes) is 1. The predicted molar refractivity (Wildman–Crippen MR) is 137 cm³/mol. The molecule has 3 aromatic rings. The Morgan fingerprint density at radius 1 is 1.15 bits per heavy atom. The summed E-state index contributed by atoms with van der Waals surface area (Å²) in [6, 6.07) is 15.3. The van der Waals surface area contributed by atoms with E-state index in [-0.39, 0.29) is 11.2 Å². The van der Waals surface area contributed by atoms with Gasteiger partial charge in [-0.25, -0.2) is 4.39 Å². The third-order valence-corrected chi connectivity index (χ3v) is 6.33. The fourth-order valence-electron chi connectivity index (χ4n) is 4.00. The fourth-order valence-corrected chi connectivity index (χ4v) is 4.00. The van der Waals surface area contributed by atoms with E-state index >= 15 is 0 Å².